The summed E-state index contributed by atoms with van der Waals surface area (Å²) in [5.74, 6) is 1.34. The minimum absolute atomic E-state index is 0.182. The van der Waals surface area contributed by atoms with Crippen LogP contribution in [0.3, 0.4) is 0 Å². The fourth-order valence-corrected chi connectivity index (χ4v) is 5.06. The summed E-state index contributed by atoms with van der Waals surface area (Å²) in [6.45, 7) is 5.76. The van der Waals surface area contributed by atoms with Crippen LogP contribution in [0.2, 0.25) is 0 Å². The summed E-state index contributed by atoms with van der Waals surface area (Å²) in [7, 11) is 3.27. The molecule has 0 spiro atoms. The van der Waals surface area contributed by atoms with E-state index in [1.54, 1.807) is 18.7 Å². The zero-order valence-corrected chi connectivity index (χ0v) is 17.5. The molecule has 0 unspecified atom stereocenters. The summed E-state index contributed by atoms with van der Waals surface area (Å²) in [5.41, 5.74) is 0.238. The van der Waals surface area contributed by atoms with Crippen LogP contribution in [-0.4, -0.2) is 51.8 Å². The SMILES string of the molecule is Cn1c2c(c(=O)n(C)c1=O)CN(CC1CCN(CCc3cccs3)CC1)CN2. The summed E-state index contributed by atoms with van der Waals surface area (Å²) in [6.07, 6.45) is 3.56. The van der Waals surface area contributed by atoms with E-state index in [9.17, 15) is 9.59 Å². The lowest BCUT2D eigenvalue weighted by Gasteiger charge is -2.37. The molecule has 2 aromatic rings. The zero-order valence-electron chi connectivity index (χ0n) is 16.7. The molecular formula is C20H29N5O2S. The first-order valence-electron chi connectivity index (χ1n) is 10.0. The number of likely N-dealkylation sites (tertiary alicyclic amines) is 1. The molecule has 8 heteroatoms. The zero-order chi connectivity index (χ0) is 19.7. The Morgan fingerprint density at radius 2 is 1.93 bits per heavy atom. The van der Waals surface area contributed by atoms with Crippen LogP contribution in [0.4, 0.5) is 5.82 Å². The van der Waals surface area contributed by atoms with Gasteiger partial charge in [0.1, 0.15) is 5.82 Å². The first kappa shape index (κ1) is 19.4. The monoisotopic (exact) mass is 403 g/mol. The Labute approximate surface area is 169 Å². The maximum Gasteiger partial charge on any atom is 0.332 e. The van der Waals surface area contributed by atoms with E-state index in [1.165, 1.54) is 22.3 Å². The summed E-state index contributed by atoms with van der Waals surface area (Å²) in [6, 6.07) is 4.35. The molecule has 0 atom stereocenters. The number of fused-ring (bicyclic) bond motifs is 1. The van der Waals surface area contributed by atoms with Crippen LogP contribution in [-0.2, 0) is 27.1 Å². The van der Waals surface area contributed by atoms with Crippen molar-refractivity contribution in [1.29, 1.82) is 0 Å². The van der Waals surface area contributed by atoms with Crippen LogP contribution in [0.5, 0.6) is 0 Å². The Bertz CT molecular complexity index is 925. The van der Waals surface area contributed by atoms with E-state index in [0.717, 1.165) is 32.6 Å². The average molecular weight is 404 g/mol. The van der Waals surface area contributed by atoms with E-state index in [1.807, 2.05) is 11.3 Å². The van der Waals surface area contributed by atoms with Gasteiger partial charge in [0.15, 0.2) is 0 Å². The number of hydrogen-bond acceptors (Lipinski definition) is 6. The van der Waals surface area contributed by atoms with E-state index in [4.69, 9.17) is 0 Å². The number of aromatic nitrogens is 2. The molecular weight excluding hydrogens is 374 g/mol. The summed E-state index contributed by atoms with van der Waals surface area (Å²) < 4.78 is 2.75. The quantitative estimate of drug-likeness (QED) is 0.815. The van der Waals surface area contributed by atoms with E-state index in [-0.39, 0.29) is 11.2 Å². The van der Waals surface area contributed by atoms with Gasteiger partial charge in [-0.15, -0.1) is 11.3 Å². The van der Waals surface area contributed by atoms with Crippen molar-refractivity contribution in [2.24, 2.45) is 20.0 Å². The van der Waals surface area contributed by atoms with E-state index < -0.39 is 0 Å². The van der Waals surface area contributed by atoms with Gasteiger partial charge in [-0.1, -0.05) is 6.07 Å². The third-order valence-electron chi connectivity index (χ3n) is 6.09. The molecule has 1 N–H and O–H groups in total. The third kappa shape index (κ3) is 3.94. The van der Waals surface area contributed by atoms with Crippen molar-refractivity contribution >= 4 is 17.2 Å². The van der Waals surface area contributed by atoms with Gasteiger partial charge < -0.3 is 10.2 Å². The van der Waals surface area contributed by atoms with Crippen molar-refractivity contribution < 1.29 is 0 Å². The Balaban J connectivity index is 1.31. The second-order valence-corrected chi connectivity index (χ2v) is 9.03. The molecule has 1 saturated heterocycles. The highest BCUT2D eigenvalue weighted by atomic mass is 32.1. The molecule has 0 radical (unpaired) electrons. The van der Waals surface area contributed by atoms with Crippen molar-refractivity contribution in [3.8, 4) is 0 Å². The predicted molar refractivity (Wildman–Crippen MR) is 113 cm³/mol. The van der Waals surface area contributed by atoms with Crippen molar-refractivity contribution in [3.63, 3.8) is 0 Å². The molecule has 0 saturated carbocycles. The van der Waals surface area contributed by atoms with Crippen LogP contribution in [0.25, 0.3) is 0 Å². The molecule has 7 nitrogen and oxygen atoms in total. The highest BCUT2D eigenvalue weighted by Gasteiger charge is 2.26. The normalized spacial score (nSPS) is 18.8. The molecule has 1 fully saturated rings. The first-order chi connectivity index (χ1) is 13.5. The van der Waals surface area contributed by atoms with Crippen molar-refractivity contribution in [1.82, 2.24) is 18.9 Å². The highest BCUT2D eigenvalue weighted by molar-refractivity contribution is 7.09. The van der Waals surface area contributed by atoms with Crippen LogP contribution >= 0.6 is 11.3 Å². The number of hydrogen-bond donors (Lipinski definition) is 1. The molecule has 2 aromatic heterocycles. The molecule has 0 bridgehead atoms. The highest BCUT2D eigenvalue weighted by Crippen LogP contribution is 2.23. The number of anilines is 1. The lowest BCUT2D eigenvalue weighted by atomic mass is 9.95. The molecule has 2 aliphatic heterocycles. The largest absolute Gasteiger partial charge is 0.358 e. The van der Waals surface area contributed by atoms with Gasteiger partial charge in [0, 0.05) is 38.6 Å². The first-order valence-corrected chi connectivity index (χ1v) is 10.9. The van der Waals surface area contributed by atoms with Crippen LogP contribution in [0, 0.1) is 5.92 Å². The molecule has 0 aliphatic carbocycles. The van der Waals surface area contributed by atoms with Crippen molar-refractivity contribution in [3.05, 3.63) is 48.8 Å². The molecule has 152 valence electrons. The Morgan fingerprint density at radius 3 is 2.64 bits per heavy atom. The van der Waals surface area contributed by atoms with E-state index >= 15 is 0 Å². The Kier molecular flexibility index (Phi) is 5.70. The predicted octanol–water partition coefficient (Wildman–Crippen LogP) is 1.29. The maximum absolute atomic E-state index is 12.5. The number of nitrogens with zero attached hydrogens (tertiary/aromatic N) is 4. The van der Waals surface area contributed by atoms with Crippen molar-refractivity contribution in [2.75, 3.05) is 38.2 Å². The fraction of sp³-hybridized carbons (Fsp3) is 0.600. The molecule has 2 aliphatic rings. The summed E-state index contributed by atoms with van der Waals surface area (Å²) >= 11 is 1.84. The number of rotatable bonds is 5. The van der Waals surface area contributed by atoms with Gasteiger partial charge in [0.05, 0.1) is 12.2 Å². The van der Waals surface area contributed by atoms with Gasteiger partial charge in [0.2, 0.25) is 0 Å². The van der Waals surface area contributed by atoms with Gasteiger partial charge in [-0.05, 0) is 49.7 Å². The Morgan fingerprint density at radius 1 is 1.14 bits per heavy atom. The molecule has 28 heavy (non-hydrogen) atoms. The number of thiophene rings is 1. The van der Waals surface area contributed by atoms with Crippen LogP contribution in [0.15, 0.2) is 27.1 Å². The summed E-state index contributed by atoms with van der Waals surface area (Å²) in [5, 5.41) is 5.44. The van der Waals surface area contributed by atoms with Gasteiger partial charge in [0.25, 0.3) is 5.56 Å². The number of piperidine rings is 1. The minimum atomic E-state index is -0.278. The second-order valence-electron chi connectivity index (χ2n) is 7.99. The second kappa shape index (κ2) is 8.23. The number of nitrogens with one attached hydrogen (secondary N) is 1. The molecule has 0 aromatic carbocycles. The lowest BCUT2D eigenvalue weighted by Crippen LogP contribution is -2.47. The standard InChI is InChI=1S/C20H29N5O2S/c1-22-18-17(19(26)23(2)20(22)27)13-25(14-21-18)12-15-5-8-24(9-6-15)10-7-16-4-3-11-28-16/h3-4,11,15,21H,5-10,12-14H2,1-2H3. The van der Waals surface area contributed by atoms with E-state index in [2.05, 4.69) is 32.6 Å². The smallest absolute Gasteiger partial charge is 0.332 e. The van der Waals surface area contributed by atoms with Gasteiger partial charge >= 0.3 is 5.69 Å². The fourth-order valence-electron chi connectivity index (χ4n) is 4.36. The van der Waals surface area contributed by atoms with Crippen molar-refractivity contribution in [2.45, 2.75) is 25.8 Å². The Hall–Kier alpha value is -1.90. The topological polar surface area (TPSA) is 62.5 Å². The molecule has 4 heterocycles. The van der Waals surface area contributed by atoms with Crippen LogP contribution < -0.4 is 16.6 Å². The molecule has 4 rings (SSSR count). The van der Waals surface area contributed by atoms with Gasteiger partial charge in [-0.3, -0.25) is 18.8 Å². The third-order valence-corrected chi connectivity index (χ3v) is 7.02. The van der Waals surface area contributed by atoms with Gasteiger partial charge in [-0.25, -0.2) is 4.79 Å². The van der Waals surface area contributed by atoms with Gasteiger partial charge in [-0.2, -0.15) is 0 Å². The van der Waals surface area contributed by atoms with Crippen LogP contribution in [0.1, 0.15) is 23.3 Å². The lowest BCUT2D eigenvalue weighted by molar-refractivity contribution is 0.142. The summed E-state index contributed by atoms with van der Waals surface area (Å²) in [4.78, 5) is 31.0. The average Bonchev–Trinajstić information content (AvgIpc) is 3.24. The maximum atomic E-state index is 12.5. The van der Waals surface area contributed by atoms with E-state index in [0.29, 0.717) is 30.5 Å². The minimum Gasteiger partial charge on any atom is -0.358 e. The molecule has 0 amide bonds.